The molecule has 0 aromatic heterocycles. The van der Waals surface area contributed by atoms with E-state index in [1.54, 1.807) is 0 Å². The van der Waals surface area contributed by atoms with Crippen LogP contribution < -0.4 is 0 Å². The monoisotopic (exact) mass is 194 g/mol. The fourth-order valence-corrected chi connectivity index (χ4v) is 4.61. The zero-order valence-electron chi connectivity index (χ0n) is 10.5. The lowest BCUT2D eigenvalue weighted by molar-refractivity contribution is -0.0502. The largest absolute Gasteiger partial charge is 0.0651 e. The van der Waals surface area contributed by atoms with Gasteiger partial charge in [-0.05, 0) is 47.8 Å². The molecule has 0 aliphatic heterocycles. The molecule has 0 amide bonds. The summed E-state index contributed by atoms with van der Waals surface area (Å²) in [6, 6.07) is 0. The molecular formula is C14H26. The SMILES string of the molecule is CCC1C2CC(C)C(C)C2C1C(C)C. The zero-order chi connectivity index (χ0) is 10.5. The summed E-state index contributed by atoms with van der Waals surface area (Å²) >= 11 is 0. The summed E-state index contributed by atoms with van der Waals surface area (Å²) in [5, 5.41) is 0. The molecule has 6 atom stereocenters. The number of fused-ring (bicyclic) bond motifs is 1. The quantitative estimate of drug-likeness (QED) is 0.618. The molecule has 14 heavy (non-hydrogen) atoms. The Hall–Kier alpha value is 0. The van der Waals surface area contributed by atoms with Crippen LogP contribution in [0.15, 0.2) is 0 Å². The molecule has 2 aliphatic carbocycles. The van der Waals surface area contributed by atoms with Crippen LogP contribution in [0.1, 0.15) is 47.5 Å². The minimum Gasteiger partial charge on any atom is -0.0651 e. The van der Waals surface area contributed by atoms with E-state index in [0.717, 1.165) is 41.4 Å². The van der Waals surface area contributed by atoms with Crippen LogP contribution in [-0.2, 0) is 0 Å². The van der Waals surface area contributed by atoms with E-state index in [-0.39, 0.29) is 0 Å². The van der Waals surface area contributed by atoms with Crippen LogP contribution in [0, 0.1) is 41.4 Å². The van der Waals surface area contributed by atoms with Gasteiger partial charge in [-0.1, -0.05) is 41.0 Å². The van der Waals surface area contributed by atoms with E-state index in [9.17, 15) is 0 Å². The first-order chi connectivity index (χ1) is 6.57. The fourth-order valence-electron chi connectivity index (χ4n) is 4.61. The maximum Gasteiger partial charge on any atom is -0.0321 e. The third-order valence-corrected chi connectivity index (χ3v) is 5.37. The van der Waals surface area contributed by atoms with E-state index in [1.807, 2.05) is 0 Å². The Bertz CT molecular complexity index is 202. The number of hydrogen-bond donors (Lipinski definition) is 0. The van der Waals surface area contributed by atoms with Crippen LogP contribution in [0.5, 0.6) is 0 Å². The van der Waals surface area contributed by atoms with Gasteiger partial charge in [-0.25, -0.2) is 0 Å². The summed E-state index contributed by atoms with van der Waals surface area (Å²) in [4.78, 5) is 0. The van der Waals surface area contributed by atoms with E-state index >= 15 is 0 Å². The molecule has 0 heterocycles. The van der Waals surface area contributed by atoms with Gasteiger partial charge in [0.15, 0.2) is 0 Å². The molecule has 2 saturated carbocycles. The Labute approximate surface area is 89.5 Å². The number of hydrogen-bond acceptors (Lipinski definition) is 0. The predicted octanol–water partition coefficient (Wildman–Crippen LogP) is 4.21. The van der Waals surface area contributed by atoms with Crippen molar-refractivity contribution in [2.45, 2.75) is 47.5 Å². The van der Waals surface area contributed by atoms with Gasteiger partial charge < -0.3 is 0 Å². The predicted molar refractivity (Wildman–Crippen MR) is 62.0 cm³/mol. The summed E-state index contributed by atoms with van der Waals surface area (Å²) in [5.41, 5.74) is 0. The molecule has 0 N–H and O–H groups in total. The highest BCUT2D eigenvalue weighted by molar-refractivity contribution is 5.04. The van der Waals surface area contributed by atoms with Gasteiger partial charge in [-0.2, -0.15) is 0 Å². The molecule has 0 heteroatoms. The second-order valence-electron chi connectivity index (χ2n) is 6.21. The normalized spacial score (nSPS) is 51.9. The van der Waals surface area contributed by atoms with Crippen molar-refractivity contribution in [2.24, 2.45) is 41.4 Å². The van der Waals surface area contributed by atoms with Crippen molar-refractivity contribution in [1.82, 2.24) is 0 Å². The van der Waals surface area contributed by atoms with E-state index in [0.29, 0.717) is 0 Å². The summed E-state index contributed by atoms with van der Waals surface area (Å²) < 4.78 is 0. The molecule has 2 fully saturated rings. The minimum absolute atomic E-state index is 0.911. The zero-order valence-corrected chi connectivity index (χ0v) is 10.5. The van der Waals surface area contributed by atoms with Gasteiger partial charge in [0.05, 0.1) is 0 Å². The second kappa shape index (κ2) is 3.54. The Morgan fingerprint density at radius 3 is 2.36 bits per heavy atom. The van der Waals surface area contributed by atoms with Gasteiger partial charge in [0.2, 0.25) is 0 Å². The van der Waals surface area contributed by atoms with E-state index in [4.69, 9.17) is 0 Å². The first kappa shape index (κ1) is 10.5. The summed E-state index contributed by atoms with van der Waals surface area (Å²) in [7, 11) is 0. The lowest BCUT2D eigenvalue weighted by atomic mass is 9.52. The molecule has 0 saturated heterocycles. The topological polar surface area (TPSA) is 0 Å². The first-order valence-corrected chi connectivity index (χ1v) is 6.57. The van der Waals surface area contributed by atoms with E-state index in [2.05, 4.69) is 34.6 Å². The van der Waals surface area contributed by atoms with E-state index in [1.165, 1.54) is 12.8 Å². The molecule has 0 bridgehead atoms. The van der Waals surface area contributed by atoms with Crippen LogP contribution in [0.3, 0.4) is 0 Å². The van der Waals surface area contributed by atoms with Crippen LogP contribution in [0.2, 0.25) is 0 Å². The third-order valence-electron chi connectivity index (χ3n) is 5.37. The highest BCUT2D eigenvalue weighted by atomic mass is 14.6. The van der Waals surface area contributed by atoms with Crippen LogP contribution in [-0.4, -0.2) is 0 Å². The molecule has 0 spiro atoms. The standard InChI is InChI=1S/C14H26/c1-6-11-12-7-9(4)10(5)14(12)13(11)8(2)3/h8-14H,6-7H2,1-5H3. The van der Waals surface area contributed by atoms with Gasteiger partial charge in [0.25, 0.3) is 0 Å². The van der Waals surface area contributed by atoms with Gasteiger partial charge in [-0.15, -0.1) is 0 Å². The average Bonchev–Trinajstić information content (AvgIpc) is 2.30. The van der Waals surface area contributed by atoms with Gasteiger partial charge in [-0.3, -0.25) is 0 Å². The molecule has 0 radical (unpaired) electrons. The van der Waals surface area contributed by atoms with Crippen molar-refractivity contribution < 1.29 is 0 Å². The fraction of sp³-hybridized carbons (Fsp3) is 1.00. The van der Waals surface area contributed by atoms with Gasteiger partial charge in [0, 0.05) is 0 Å². The van der Waals surface area contributed by atoms with Crippen molar-refractivity contribution in [3.63, 3.8) is 0 Å². The lowest BCUT2D eigenvalue weighted by Crippen LogP contribution is -2.48. The Morgan fingerprint density at radius 1 is 1.21 bits per heavy atom. The van der Waals surface area contributed by atoms with Crippen molar-refractivity contribution >= 4 is 0 Å². The maximum absolute atomic E-state index is 2.50. The third kappa shape index (κ3) is 1.26. The lowest BCUT2D eigenvalue weighted by Gasteiger charge is -2.53. The Kier molecular flexibility index (Phi) is 2.66. The van der Waals surface area contributed by atoms with Gasteiger partial charge >= 0.3 is 0 Å². The Morgan fingerprint density at radius 2 is 1.86 bits per heavy atom. The Balaban J connectivity index is 2.12. The molecule has 82 valence electrons. The van der Waals surface area contributed by atoms with Crippen molar-refractivity contribution in [3.05, 3.63) is 0 Å². The molecule has 0 aromatic rings. The highest BCUT2D eigenvalue weighted by Gasteiger charge is 2.56. The van der Waals surface area contributed by atoms with Crippen LogP contribution >= 0.6 is 0 Å². The summed E-state index contributed by atoms with van der Waals surface area (Å²) in [5.74, 6) is 7.18. The van der Waals surface area contributed by atoms with Crippen LogP contribution in [0.4, 0.5) is 0 Å². The summed E-state index contributed by atoms with van der Waals surface area (Å²) in [6.45, 7) is 12.2. The molecule has 2 aliphatic rings. The molecule has 0 aromatic carbocycles. The molecule has 2 rings (SSSR count). The van der Waals surface area contributed by atoms with Crippen molar-refractivity contribution in [3.8, 4) is 0 Å². The summed E-state index contributed by atoms with van der Waals surface area (Å²) in [6.07, 6.45) is 2.94. The minimum atomic E-state index is 0.911. The van der Waals surface area contributed by atoms with E-state index < -0.39 is 0 Å². The molecule has 0 nitrogen and oxygen atoms in total. The smallest absolute Gasteiger partial charge is 0.0321 e. The number of rotatable bonds is 2. The van der Waals surface area contributed by atoms with Crippen LogP contribution in [0.25, 0.3) is 0 Å². The highest BCUT2D eigenvalue weighted by Crippen LogP contribution is 2.62. The van der Waals surface area contributed by atoms with Crippen molar-refractivity contribution in [2.75, 3.05) is 0 Å². The van der Waals surface area contributed by atoms with Gasteiger partial charge in [0.1, 0.15) is 0 Å². The second-order valence-corrected chi connectivity index (χ2v) is 6.21. The van der Waals surface area contributed by atoms with Crippen molar-refractivity contribution in [1.29, 1.82) is 0 Å². The average molecular weight is 194 g/mol. The molecular weight excluding hydrogens is 168 g/mol. The maximum atomic E-state index is 2.50. The first-order valence-electron chi connectivity index (χ1n) is 6.57. The molecule has 6 unspecified atom stereocenters.